The number of likely N-dealkylation sites (tertiary alicyclic amines) is 1. The summed E-state index contributed by atoms with van der Waals surface area (Å²) in [7, 11) is 0. The Morgan fingerprint density at radius 2 is 2.00 bits per heavy atom. The highest BCUT2D eigenvalue weighted by molar-refractivity contribution is 9.10. The normalized spacial score (nSPS) is 15.6. The van der Waals surface area contributed by atoms with Crippen molar-refractivity contribution in [1.29, 1.82) is 0 Å². The zero-order valence-electron chi connectivity index (χ0n) is 12.0. The Balaban J connectivity index is 1.58. The molecule has 1 saturated heterocycles. The van der Waals surface area contributed by atoms with E-state index in [9.17, 15) is 4.79 Å². The van der Waals surface area contributed by atoms with Crippen LogP contribution in [0.25, 0.3) is 0 Å². The largest absolute Gasteiger partial charge is 0.473 e. The molecule has 2 heterocycles. The molecule has 5 nitrogen and oxygen atoms in total. The molecule has 0 atom stereocenters. The van der Waals surface area contributed by atoms with E-state index in [1.165, 1.54) is 0 Å². The van der Waals surface area contributed by atoms with Gasteiger partial charge in [-0.1, -0.05) is 12.1 Å². The van der Waals surface area contributed by atoms with Crippen molar-refractivity contribution in [3.05, 3.63) is 52.9 Å². The Morgan fingerprint density at radius 3 is 2.68 bits per heavy atom. The number of nitrogens with zero attached hydrogens (tertiary/aromatic N) is 3. The highest BCUT2D eigenvalue weighted by atomic mass is 79.9. The smallest absolute Gasteiger partial charge is 0.255 e. The molecular formula is C16H16BrN3O2. The molecule has 1 aliphatic heterocycles. The molecule has 6 heteroatoms. The molecular weight excluding hydrogens is 346 g/mol. The molecule has 1 aromatic heterocycles. The van der Waals surface area contributed by atoms with Gasteiger partial charge in [-0.15, -0.1) is 0 Å². The van der Waals surface area contributed by atoms with Crippen LogP contribution in [0, 0.1) is 0 Å². The van der Waals surface area contributed by atoms with Crippen LogP contribution in [0.15, 0.2) is 47.3 Å². The molecule has 1 amide bonds. The van der Waals surface area contributed by atoms with Gasteiger partial charge in [0.05, 0.1) is 11.8 Å². The maximum Gasteiger partial charge on any atom is 0.255 e. The molecule has 0 aliphatic carbocycles. The van der Waals surface area contributed by atoms with Crippen LogP contribution in [0.4, 0.5) is 0 Å². The van der Waals surface area contributed by atoms with E-state index in [0.717, 1.165) is 17.3 Å². The summed E-state index contributed by atoms with van der Waals surface area (Å²) in [6.07, 6.45) is 6.52. The molecule has 1 aromatic carbocycles. The minimum Gasteiger partial charge on any atom is -0.473 e. The first kappa shape index (κ1) is 15.0. The van der Waals surface area contributed by atoms with Crippen LogP contribution >= 0.6 is 15.9 Å². The second-order valence-corrected chi connectivity index (χ2v) is 5.99. The fraction of sp³-hybridized carbons (Fsp3) is 0.312. The van der Waals surface area contributed by atoms with Gasteiger partial charge in [0, 0.05) is 42.8 Å². The van der Waals surface area contributed by atoms with Gasteiger partial charge in [-0.05, 0) is 28.1 Å². The third-order valence-corrected chi connectivity index (χ3v) is 4.35. The van der Waals surface area contributed by atoms with E-state index in [-0.39, 0.29) is 12.0 Å². The monoisotopic (exact) mass is 361 g/mol. The van der Waals surface area contributed by atoms with Gasteiger partial charge in [0.1, 0.15) is 6.10 Å². The second-order valence-electron chi connectivity index (χ2n) is 5.13. The maximum atomic E-state index is 12.5. The Kier molecular flexibility index (Phi) is 4.68. The van der Waals surface area contributed by atoms with Crippen LogP contribution in [0.1, 0.15) is 23.2 Å². The van der Waals surface area contributed by atoms with Crippen LogP contribution in [-0.2, 0) is 0 Å². The van der Waals surface area contributed by atoms with E-state index in [1.54, 1.807) is 18.6 Å². The van der Waals surface area contributed by atoms with Gasteiger partial charge in [0.15, 0.2) is 0 Å². The van der Waals surface area contributed by atoms with Crippen LogP contribution in [-0.4, -0.2) is 40.0 Å². The Hall–Kier alpha value is -1.95. The zero-order valence-corrected chi connectivity index (χ0v) is 13.6. The Morgan fingerprint density at radius 1 is 1.23 bits per heavy atom. The average molecular weight is 362 g/mol. The molecule has 0 saturated carbocycles. The molecule has 0 bridgehead atoms. The minimum absolute atomic E-state index is 0.0606. The maximum absolute atomic E-state index is 12.5. The molecule has 1 aliphatic rings. The van der Waals surface area contributed by atoms with Crippen LogP contribution in [0.2, 0.25) is 0 Å². The quantitative estimate of drug-likeness (QED) is 0.843. The number of amides is 1. The van der Waals surface area contributed by atoms with Gasteiger partial charge in [-0.3, -0.25) is 9.78 Å². The molecule has 114 valence electrons. The summed E-state index contributed by atoms with van der Waals surface area (Å²) in [6, 6.07) is 7.51. The van der Waals surface area contributed by atoms with Gasteiger partial charge in [-0.2, -0.15) is 0 Å². The lowest BCUT2D eigenvalue weighted by Gasteiger charge is -2.32. The third-order valence-electron chi connectivity index (χ3n) is 3.66. The first-order valence-electron chi connectivity index (χ1n) is 7.20. The molecule has 2 aromatic rings. The lowest BCUT2D eigenvalue weighted by atomic mass is 10.1. The predicted molar refractivity (Wildman–Crippen MR) is 85.7 cm³/mol. The number of hydrogen-bond donors (Lipinski definition) is 0. The SMILES string of the molecule is O=C(c1ccccc1Br)N1CCC(Oc2cnccn2)CC1. The summed E-state index contributed by atoms with van der Waals surface area (Å²) >= 11 is 3.43. The molecule has 0 unspecified atom stereocenters. The summed E-state index contributed by atoms with van der Waals surface area (Å²) in [4.78, 5) is 22.5. The van der Waals surface area contributed by atoms with E-state index < -0.39 is 0 Å². The summed E-state index contributed by atoms with van der Waals surface area (Å²) in [5.74, 6) is 0.600. The molecule has 22 heavy (non-hydrogen) atoms. The van der Waals surface area contributed by atoms with Crippen LogP contribution in [0.5, 0.6) is 5.88 Å². The molecule has 3 rings (SSSR count). The van der Waals surface area contributed by atoms with Crippen molar-refractivity contribution in [3.63, 3.8) is 0 Å². The zero-order chi connectivity index (χ0) is 15.4. The number of rotatable bonds is 3. The molecule has 0 radical (unpaired) electrons. The van der Waals surface area contributed by atoms with E-state index >= 15 is 0 Å². The Bertz CT molecular complexity index is 643. The van der Waals surface area contributed by atoms with Gasteiger partial charge < -0.3 is 9.64 Å². The summed E-state index contributed by atoms with van der Waals surface area (Å²) in [6.45, 7) is 1.37. The number of hydrogen-bond acceptors (Lipinski definition) is 4. The van der Waals surface area contributed by atoms with Crippen LogP contribution in [0.3, 0.4) is 0 Å². The fourth-order valence-electron chi connectivity index (χ4n) is 2.50. The number of carbonyl (C=O) groups excluding carboxylic acids is 1. The van der Waals surface area contributed by atoms with Crippen molar-refractivity contribution in [2.24, 2.45) is 0 Å². The number of halogens is 1. The van der Waals surface area contributed by atoms with E-state index in [4.69, 9.17) is 4.74 Å². The van der Waals surface area contributed by atoms with Gasteiger partial charge in [0.2, 0.25) is 5.88 Å². The van der Waals surface area contributed by atoms with E-state index in [1.807, 2.05) is 29.2 Å². The average Bonchev–Trinajstić information content (AvgIpc) is 2.56. The lowest BCUT2D eigenvalue weighted by Crippen LogP contribution is -2.42. The van der Waals surface area contributed by atoms with Crippen molar-refractivity contribution < 1.29 is 9.53 Å². The molecule has 1 fully saturated rings. The first-order chi connectivity index (χ1) is 10.7. The van der Waals surface area contributed by atoms with E-state index in [2.05, 4.69) is 25.9 Å². The van der Waals surface area contributed by atoms with E-state index in [0.29, 0.717) is 24.5 Å². The van der Waals surface area contributed by atoms with Crippen molar-refractivity contribution in [2.75, 3.05) is 13.1 Å². The summed E-state index contributed by atoms with van der Waals surface area (Å²) in [5.41, 5.74) is 0.704. The van der Waals surface area contributed by atoms with Crippen molar-refractivity contribution in [1.82, 2.24) is 14.9 Å². The van der Waals surface area contributed by atoms with Crippen molar-refractivity contribution in [2.45, 2.75) is 18.9 Å². The van der Waals surface area contributed by atoms with Gasteiger partial charge in [0.25, 0.3) is 5.91 Å². The number of benzene rings is 1. The Labute approximate surface area is 137 Å². The number of ether oxygens (including phenoxy) is 1. The first-order valence-corrected chi connectivity index (χ1v) is 8.00. The van der Waals surface area contributed by atoms with Crippen molar-refractivity contribution >= 4 is 21.8 Å². The highest BCUT2D eigenvalue weighted by Crippen LogP contribution is 2.21. The standard InChI is InChI=1S/C16H16BrN3O2/c17-14-4-2-1-3-13(14)16(21)20-9-5-12(6-10-20)22-15-11-18-7-8-19-15/h1-4,7-8,11-12H,5-6,9-10H2. The predicted octanol–water partition coefficient (Wildman–Crippen LogP) is 2.92. The fourth-order valence-corrected chi connectivity index (χ4v) is 2.95. The van der Waals surface area contributed by atoms with Crippen molar-refractivity contribution in [3.8, 4) is 5.88 Å². The minimum atomic E-state index is 0.0606. The molecule has 0 spiro atoms. The van der Waals surface area contributed by atoms with Gasteiger partial charge in [-0.25, -0.2) is 4.98 Å². The third kappa shape index (κ3) is 3.44. The number of piperidine rings is 1. The lowest BCUT2D eigenvalue weighted by molar-refractivity contribution is 0.0586. The second kappa shape index (κ2) is 6.87. The van der Waals surface area contributed by atoms with Crippen LogP contribution < -0.4 is 4.74 Å². The molecule has 0 N–H and O–H groups in total. The summed E-state index contributed by atoms with van der Waals surface area (Å²) < 4.78 is 6.62. The summed E-state index contributed by atoms with van der Waals surface area (Å²) in [5, 5.41) is 0. The highest BCUT2D eigenvalue weighted by Gasteiger charge is 2.25. The number of carbonyl (C=O) groups is 1. The number of aromatic nitrogens is 2. The topological polar surface area (TPSA) is 55.3 Å². The van der Waals surface area contributed by atoms with Gasteiger partial charge >= 0.3 is 0 Å².